The minimum absolute atomic E-state index is 0.0176. The van der Waals surface area contributed by atoms with Crippen molar-refractivity contribution < 1.29 is 14.3 Å². The molecule has 2 aromatic rings. The summed E-state index contributed by atoms with van der Waals surface area (Å²) in [5, 5.41) is 7.80. The second-order valence-corrected chi connectivity index (χ2v) is 7.20. The van der Waals surface area contributed by atoms with Crippen molar-refractivity contribution in [2.24, 2.45) is 5.92 Å². The maximum Gasteiger partial charge on any atom is 0.245 e. The molecule has 26 heavy (non-hydrogen) atoms. The molecule has 0 atom stereocenters. The molecule has 0 spiro atoms. The predicted molar refractivity (Wildman–Crippen MR) is 101 cm³/mol. The van der Waals surface area contributed by atoms with Crippen molar-refractivity contribution in [1.29, 1.82) is 0 Å². The SMILES string of the molecule is O=C(CNC(=O)C1CCCCC1)Nc1nc(COc2ccccc2)cs1. The number of carbonyl (C=O) groups is 2. The van der Waals surface area contributed by atoms with E-state index in [9.17, 15) is 9.59 Å². The smallest absolute Gasteiger partial charge is 0.245 e. The minimum atomic E-state index is -0.265. The molecule has 0 bridgehead atoms. The predicted octanol–water partition coefficient (Wildman–Crippen LogP) is 3.36. The maximum absolute atomic E-state index is 12.1. The molecule has 1 aromatic carbocycles. The van der Waals surface area contributed by atoms with E-state index in [0.29, 0.717) is 11.7 Å². The number of anilines is 1. The van der Waals surface area contributed by atoms with Crippen LogP contribution in [0.3, 0.4) is 0 Å². The molecule has 7 heteroatoms. The van der Waals surface area contributed by atoms with Gasteiger partial charge in [0.25, 0.3) is 0 Å². The van der Waals surface area contributed by atoms with E-state index in [4.69, 9.17) is 4.74 Å². The van der Waals surface area contributed by atoms with Crippen LogP contribution in [0.15, 0.2) is 35.7 Å². The topological polar surface area (TPSA) is 80.3 Å². The van der Waals surface area contributed by atoms with Gasteiger partial charge in [0, 0.05) is 11.3 Å². The Hall–Kier alpha value is -2.41. The third-order valence-corrected chi connectivity index (χ3v) is 5.13. The average molecular weight is 373 g/mol. The number of nitrogens with zero attached hydrogens (tertiary/aromatic N) is 1. The van der Waals surface area contributed by atoms with Crippen LogP contribution in [-0.2, 0) is 16.2 Å². The van der Waals surface area contributed by atoms with Gasteiger partial charge in [-0.1, -0.05) is 37.5 Å². The number of aromatic nitrogens is 1. The zero-order chi connectivity index (χ0) is 18.2. The number of rotatable bonds is 7. The Morgan fingerprint density at radius 1 is 1.15 bits per heavy atom. The number of carbonyl (C=O) groups excluding carboxylic acids is 2. The first-order valence-corrected chi connectivity index (χ1v) is 9.78. The zero-order valence-electron chi connectivity index (χ0n) is 14.6. The number of hydrogen-bond donors (Lipinski definition) is 2. The Morgan fingerprint density at radius 2 is 1.92 bits per heavy atom. The summed E-state index contributed by atoms with van der Waals surface area (Å²) < 4.78 is 5.63. The normalized spacial score (nSPS) is 14.6. The van der Waals surface area contributed by atoms with Crippen LogP contribution in [-0.4, -0.2) is 23.3 Å². The van der Waals surface area contributed by atoms with Gasteiger partial charge in [-0.3, -0.25) is 9.59 Å². The van der Waals surface area contributed by atoms with Gasteiger partial charge < -0.3 is 15.4 Å². The first kappa shape index (κ1) is 18.4. The molecular formula is C19H23N3O3S. The Kier molecular flexibility index (Phi) is 6.60. The summed E-state index contributed by atoms with van der Waals surface area (Å²) in [4.78, 5) is 28.4. The van der Waals surface area contributed by atoms with Gasteiger partial charge in [-0.25, -0.2) is 4.98 Å². The molecule has 0 unspecified atom stereocenters. The number of para-hydroxylation sites is 1. The number of hydrogen-bond acceptors (Lipinski definition) is 5. The van der Waals surface area contributed by atoms with Crippen molar-refractivity contribution in [3.8, 4) is 5.75 Å². The van der Waals surface area contributed by atoms with Crippen LogP contribution in [0.25, 0.3) is 0 Å². The molecule has 0 aliphatic heterocycles. The maximum atomic E-state index is 12.1. The summed E-state index contributed by atoms with van der Waals surface area (Å²) in [5.74, 6) is 0.546. The zero-order valence-corrected chi connectivity index (χ0v) is 15.4. The Balaban J connectivity index is 1.40. The van der Waals surface area contributed by atoms with Crippen LogP contribution < -0.4 is 15.4 Å². The molecule has 1 saturated carbocycles. The third kappa shape index (κ3) is 5.56. The fourth-order valence-electron chi connectivity index (χ4n) is 2.94. The Labute approximate surface area is 157 Å². The lowest BCUT2D eigenvalue weighted by Gasteiger charge is -2.20. The standard InChI is InChI=1S/C19H23N3O3S/c23-17(11-20-18(24)14-7-3-1-4-8-14)22-19-21-15(13-26-19)12-25-16-9-5-2-6-10-16/h2,5-6,9-10,13-14H,1,3-4,7-8,11-12H2,(H,20,24)(H,21,22,23). The minimum Gasteiger partial charge on any atom is -0.487 e. The summed E-state index contributed by atoms with van der Waals surface area (Å²) in [7, 11) is 0. The van der Waals surface area contributed by atoms with Gasteiger partial charge in [0.2, 0.25) is 11.8 Å². The molecular weight excluding hydrogens is 350 g/mol. The summed E-state index contributed by atoms with van der Waals surface area (Å²) in [6.45, 7) is 0.319. The lowest BCUT2D eigenvalue weighted by atomic mass is 9.89. The van der Waals surface area contributed by atoms with Gasteiger partial charge >= 0.3 is 0 Å². The van der Waals surface area contributed by atoms with Crippen LogP contribution in [0, 0.1) is 5.92 Å². The monoisotopic (exact) mass is 373 g/mol. The molecule has 3 rings (SSSR count). The van der Waals surface area contributed by atoms with E-state index in [0.717, 1.165) is 37.1 Å². The van der Waals surface area contributed by atoms with Gasteiger partial charge in [0.15, 0.2) is 5.13 Å². The number of amides is 2. The van der Waals surface area contributed by atoms with E-state index in [1.807, 2.05) is 35.7 Å². The van der Waals surface area contributed by atoms with E-state index >= 15 is 0 Å². The van der Waals surface area contributed by atoms with Crippen molar-refractivity contribution >= 4 is 28.3 Å². The highest BCUT2D eigenvalue weighted by Crippen LogP contribution is 2.23. The summed E-state index contributed by atoms with van der Waals surface area (Å²) >= 11 is 1.34. The van der Waals surface area contributed by atoms with Crippen molar-refractivity contribution in [1.82, 2.24) is 10.3 Å². The third-order valence-electron chi connectivity index (χ3n) is 4.33. The molecule has 2 amide bonds. The quantitative estimate of drug-likeness (QED) is 0.780. The summed E-state index contributed by atoms with van der Waals surface area (Å²) in [6, 6.07) is 9.50. The van der Waals surface area contributed by atoms with Crippen LogP contribution in [0.1, 0.15) is 37.8 Å². The lowest BCUT2D eigenvalue weighted by molar-refractivity contribution is -0.128. The molecule has 0 saturated heterocycles. The highest BCUT2D eigenvalue weighted by atomic mass is 32.1. The van der Waals surface area contributed by atoms with Crippen LogP contribution >= 0.6 is 11.3 Å². The van der Waals surface area contributed by atoms with Crippen molar-refractivity contribution in [2.75, 3.05) is 11.9 Å². The van der Waals surface area contributed by atoms with Crippen molar-refractivity contribution in [3.63, 3.8) is 0 Å². The van der Waals surface area contributed by atoms with Gasteiger partial charge in [-0.2, -0.15) is 0 Å². The Bertz CT molecular complexity index is 727. The van der Waals surface area contributed by atoms with E-state index in [1.54, 1.807) is 0 Å². The molecule has 138 valence electrons. The average Bonchev–Trinajstić information content (AvgIpc) is 3.13. The van der Waals surface area contributed by atoms with Crippen molar-refractivity contribution in [2.45, 2.75) is 38.7 Å². The van der Waals surface area contributed by atoms with Gasteiger partial charge in [0.1, 0.15) is 12.4 Å². The fourth-order valence-corrected chi connectivity index (χ4v) is 3.66. The van der Waals surface area contributed by atoms with Crippen molar-refractivity contribution in [3.05, 3.63) is 41.4 Å². The molecule has 1 aromatic heterocycles. The van der Waals surface area contributed by atoms with E-state index in [2.05, 4.69) is 15.6 Å². The molecule has 1 aliphatic carbocycles. The van der Waals surface area contributed by atoms with Crippen LogP contribution in [0.5, 0.6) is 5.75 Å². The number of nitrogens with one attached hydrogen (secondary N) is 2. The van der Waals surface area contributed by atoms with E-state index in [-0.39, 0.29) is 24.3 Å². The molecule has 1 fully saturated rings. The molecule has 2 N–H and O–H groups in total. The largest absolute Gasteiger partial charge is 0.487 e. The highest BCUT2D eigenvalue weighted by molar-refractivity contribution is 7.13. The van der Waals surface area contributed by atoms with E-state index < -0.39 is 0 Å². The fraction of sp³-hybridized carbons (Fsp3) is 0.421. The van der Waals surface area contributed by atoms with E-state index in [1.165, 1.54) is 17.8 Å². The molecule has 6 nitrogen and oxygen atoms in total. The number of benzene rings is 1. The van der Waals surface area contributed by atoms with Gasteiger partial charge in [-0.15, -0.1) is 11.3 Å². The molecule has 1 aliphatic rings. The van der Waals surface area contributed by atoms with Crippen LogP contribution in [0.2, 0.25) is 0 Å². The molecule has 0 radical (unpaired) electrons. The lowest BCUT2D eigenvalue weighted by Crippen LogP contribution is -2.37. The Morgan fingerprint density at radius 3 is 2.69 bits per heavy atom. The first-order valence-electron chi connectivity index (χ1n) is 8.90. The number of ether oxygens (including phenoxy) is 1. The second kappa shape index (κ2) is 9.33. The second-order valence-electron chi connectivity index (χ2n) is 6.35. The molecule has 1 heterocycles. The summed E-state index contributed by atoms with van der Waals surface area (Å²) in [5.41, 5.74) is 0.750. The van der Waals surface area contributed by atoms with Gasteiger partial charge in [-0.05, 0) is 25.0 Å². The van der Waals surface area contributed by atoms with Gasteiger partial charge in [0.05, 0.1) is 12.2 Å². The highest BCUT2D eigenvalue weighted by Gasteiger charge is 2.21. The van der Waals surface area contributed by atoms with Crippen LogP contribution in [0.4, 0.5) is 5.13 Å². The number of thiazole rings is 1. The first-order chi connectivity index (χ1) is 12.7. The summed E-state index contributed by atoms with van der Waals surface area (Å²) in [6.07, 6.45) is 5.23.